The summed E-state index contributed by atoms with van der Waals surface area (Å²) in [6, 6.07) is 7.44. The number of anilines is 1. The van der Waals surface area contributed by atoms with Gasteiger partial charge in [-0.25, -0.2) is 8.42 Å². The van der Waals surface area contributed by atoms with Crippen molar-refractivity contribution >= 4 is 21.4 Å². The van der Waals surface area contributed by atoms with Crippen LogP contribution in [-0.2, 0) is 21.2 Å². The average molecular weight is 311 g/mol. The minimum Gasteiger partial charge on any atom is -0.326 e. The van der Waals surface area contributed by atoms with Gasteiger partial charge in [0.25, 0.3) is 0 Å². The van der Waals surface area contributed by atoms with Gasteiger partial charge in [-0.3, -0.25) is 4.79 Å². The van der Waals surface area contributed by atoms with Crippen LogP contribution < -0.4 is 11.1 Å². The molecule has 1 aromatic rings. The molecule has 116 valence electrons. The lowest BCUT2D eigenvalue weighted by Gasteiger charge is -2.26. The lowest BCUT2D eigenvalue weighted by Crippen LogP contribution is -2.41. The monoisotopic (exact) mass is 311 g/mol. The van der Waals surface area contributed by atoms with Crippen LogP contribution in [0.4, 0.5) is 5.69 Å². The fraction of sp³-hybridized carbons (Fsp3) is 0.500. The summed E-state index contributed by atoms with van der Waals surface area (Å²) in [5.74, 6) is 0.291. The molecule has 0 saturated carbocycles. The molecule has 7 heteroatoms. The Morgan fingerprint density at radius 2 is 1.90 bits per heavy atom. The van der Waals surface area contributed by atoms with E-state index in [1.807, 2.05) is 29.2 Å². The van der Waals surface area contributed by atoms with Crippen LogP contribution in [0, 0.1) is 0 Å². The highest BCUT2D eigenvalue weighted by atomic mass is 32.2. The van der Waals surface area contributed by atoms with Gasteiger partial charge in [-0.05, 0) is 11.6 Å². The summed E-state index contributed by atoms with van der Waals surface area (Å²) in [7, 11) is -2.87. The molecule has 1 saturated heterocycles. The highest BCUT2D eigenvalue weighted by molar-refractivity contribution is 7.91. The number of nitrogens with two attached hydrogens (primary N) is 1. The summed E-state index contributed by atoms with van der Waals surface area (Å²) in [6.45, 7) is 1.97. The average Bonchev–Trinajstić information content (AvgIpc) is 2.47. The maximum Gasteiger partial charge on any atom is 0.225 e. The number of carbonyl (C=O) groups excluding carboxylic acids is 1. The third-order valence-corrected chi connectivity index (χ3v) is 5.21. The Bertz CT molecular complexity index is 587. The smallest absolute Gasteiger partial charge is 0.225 e. The van der Waals surface area contributed by atoms with E-state index in [1.165, 1.54) is 0 Å². The van der Waals surface area contributed by atoms with E-state index in [1.54, 1.807) is 0 Å². The molecule has 21 heavy (non-hydrogen) atoms. The Balaban J connectivity index is 1.80. The molecule has 1 heterocycles. The second kappa shape index (κ2) is 7.02. The van der Waals surface area contributed by atoms with Crippen molar-refractivity contribution in [3.05, 3.63) is 29.8 Å². The van der Waals surface area contributed by atoms with Crippen LogP contribution in [0.1, 0.15) is 12.0 Å². The maximum atomic E-state index is 12.0. The van der Waals surface area contributed by atoms with Crippen molar-refractivity contribution in [1.82, 2.24) is 4.90 Å². The number of nitrogens with zero attached hydrogens (tertiary/aromatic N) is 1. The van der Waals surface area contributed by atoms with Crippen molar-refractivity contribution in [1.29, 1.82) is 0 Å². The lowest BCUT2D eigenvalue weighted by atomic mass is 10.1. The van der Waals surface area contributed by atoms with Gasteiger partial charge in [0.15, 0.2) is 9.84 Å². The summed E-state index contributed by atoms with van der Waals surface area (Å²) in [5.41, 5.74) is 7.27. The van der Waals surface area contributed by atoms with E-state index in [2.05, 4.69) is 5.32 Å². The zero-order valence-corrected chi connectivity index (χ0v) is 12.7. The van der Waals surface area contributed by atoms with Crippen molar-refractivity contribution in [3.63, 3.8) is 0 Å². The lowest BCUT2D eigenvalue weighted by molar-refractivity contribution is -0.116. The topological polar surface area (TPSA) is 92.5 Å². The number of hydrogen-bond acceptors (Lipinski definition) is 5. The summed E-state index contributed by atoms with van der Waals surface area (Å²) < 4.78 is 22.7. The molecule has 0 radical (unpaired) electrons. The fourth-order valence-electron chi connectivity index (χ4n) is 2.27. The van der Waals surface area contributed by atoms with Crippen LogP contribution in [-0.4, -0.2) is 50.4 Å². The van der Waals surface area contributed by atoms with Crippen molar-refractivity contribution in [2.45, 2.75) is 13.0 Å². The highest BCUT2D eigenvalue weighted by Crippen LogP contribution is 2.14. The molecule has 1 aliphatic heterocycles. The van der Waals surface area contributed by atoms with Crippen LogP contribution in [0.5, 0.6) is 0 Å². The van der Waals surface area contributed by atoms with Crippen LogP contribution >= 0.6 is 0 Å². The van der Waals surface area contributed by atoms with E-state index in [0.29, 0.717) is 32.6 Å². The molecule has 2 rings (SSSR count). The Morgan fingerprint density at radius 3 is 2.57 bits per heavy atom. The number of hydrogen-bond donors (Lipinski definition) is 2. The van der Waals surface area contributed by atoms with Crippen LogP contribution in [0.25, 0.3) is 0 Å². The second-order valence-electron chi connectivity index (χ2n) is 5.15. The largest absolute Gasteiger partial charge is 0.326 e. The number of nitrogens with one attached hydrogen (secondary N) is 1. The van der Waals surface area contributed by atoms with E-state index in [-0.39, 0.29) is 17.4 Å². The molecule has 1 aliphatic rings. The second-order valence-corrected chi connectivity index (χ2v) is 7.46. The Hall–Kier alpha value is -1.44. The molecule has 0 bridgehead atoms. The molecular weight excluding hydrogens is 290 g/mol. The van der Waals surface area contributed by atoms with Gasteiger partial charge in [-0.15, -0.1) is 0 Å². The normalized spacial score (nSPS) is 18.3. The zero-order valence-electron chi connectivity index (χ0n) is 11.9. The summed E-state index contributed by atoms with van der Waals surface area (Å²) in [5, 5.41) is 2.85. The van der Waals surface area contributed by atoms with Crippen molar-refractivity contribution < 1.29 is 13.2 Å². The maximum absolute atomic E-state index is 12.0. The van der Waals surface area contributed by atoms with E-state index in [0.717, 1.165) is 11.3 Å². The number of para-hydroxylation sites is 1. The molecule has 0 atom stereocenters. The first-order valence-corrected chi connectivity index (χ1v) is 8.83. The van der Waals surface area contributed by atoms with Crippen molar-refractivity contribution in [2.75, 3.05) is 36.5 Å². The molecule has 0 aliphatic carbocycles. The molecule has 1 fully saturated rings. The minimum atomic E-state index is -2.87. The van der Waals surface area contributed by atoms with Gasteiger partial charge in [0, 0.05) is 38.3 Å². The number of amides is 1. The fourth-order valence-corrected chi connectivity index (χ4v) is 3.54. The predicted molar refractivity (Wildman–Crippen MR) is 82.7 cm³/mol. The van der Waals surface area contributed by atoms with Gasteiger partial charge in [0.05, 0.1) is 11.5 Å². The number of carbonyl (C=O) groups is 1. The van der Waals surface area contributed by atoms with Crippen LogP contribution in [0.3, 0.4) is 0 Å². The standard InChI is InChI=1S/C14H21N3O3S/c15-11-12-3-1-2-4-13(12)16-14(18)5-6-17-7-9-21(19,20)10-8-17/h1-4H,5-11,15H2,(H,16,18). The predicted octanol–water partition coefficient (Wildman–Crippen LogP) is 0.204. The zero-order chi connectivity index (χ0) is 15.3. The molecule has 3 N–H and O–H groups in total. The van der Waals surface area contributed by atoms with Crippen molar-refractivity contribution in [3.8, 4) is 0 Å². The van der Waals surface area contributed by atoms with E-state index < -0.39 is 9.84 Å². The molecule has 0 unspecified atom stereocenters. The van der Waals surface area contributed by atoms with Gasteiger partial charge in [0.1, 0.15) is 0 Å². The third-order valence-electron chi connectivity index (χ3n) is 3.60. The summed E-state index contributed by atoms with van der Waals surface area (Å²) >= 11 is 0. The summed E-state index contributed by atoms with van der Waals surface area (Å²) in [6.07, 6.45) is 0.346. The third kappa shape index (κ3) is 4.80. The molecule has 6 nitrogen and oxygen atoms in total. The Morgan fingerprint density at radius 1 is 1.24 bits per heavy atom. The van der Waals surface area contributed by atoms with Crippen molar-refractivity contribution in [2.24, 2.45) is 5.73 Å². The first kappa shape index (κ1) is 15.9. The molecule has 0 aromatic heterocycles. The van der Waals surface area contributed by atoms with Gasteiger partial charge in [-0.2, -0.15) is 0 Å². The molecular formula is C14H21N3O3S. The Labute approximate surface area is 125 Å². The first-order chi connectivity index (χ1) is 10.00. The van der Waals surface area contributed by atoms with E-state index in [9.17, 15) is 13.2 Å². The molecule has 1 amide bonds. The van der Waals surface area contributed by atoms with E-state index >= 15 is 0 Å². The SMILES string of the molecule is NCc1ccccc1NC(=O)CCN1CCS(=O)(=O)CC1. The minimum absolute atomic E-state index is 0.0793. The van der Waals surface area contributed by atoms with Crippen LogP contribution in [0.2, 0.25) is 0 Å². The first-order valence-electron chi connectivity index (χ1n) is 7.01. The van der Waals surface area contributed by atoms with Crippen LogP contribution in [0.15, 0.2) is 24.3 Å². The number of benzene rings is 1. The molecule has 1 aromatic carbocycles. The van der Waals surface area contributed by atoms with Gasteiger partial charge < -0.3 is 16.0 Å². The summed E-state index contributed by atoms with van der Waals surface area (Å²) in [4.78, 5) is 14.0. The number of rotatable bonds is 5. The number of sulfone groups is 1. The van der Waals surface area contributed by atoms with Gasteiger partial charge in [0.2, 0.25) is 5.91 Å². The van der Waals surface area contributed by atoms with Gasteiger partial charge in [-0.1, -0.05) is 18.2 Å². The van der Waals surface area contributed by atoms with E-state index in [4.69, 9.17) is 5.73 Å². The highest BCUT2D eigenvalue weighted by Gasteiger charge is 2.21. The quantitative estimate of drug-likeness (QED) is 0.810. The molecule has 0 spiro atoms. The Kier molecular flexibility index (Phi) is 5.33. The van der Waals surface area contributed by atoms with Gasteiger partial charge >= 0.3 is 0 Å².